The summed E-state index contributed by atoms with van der Waals surface area (Å²) in [7, 11) is -3.38. The second kappa shape index (κ2) is 9.05. The molecule has 164 valence electrons. The summed E-state index contributed by atoms with van der Waals surface area (Å²) in [6.07, 6.45) is 10.8. The Balaban J connectivity index is 1.50. The van der Waals surface area contributed by atoms with Crippen LogP contribution in [-0.2, 0) is 21.2 Å². The fourth-order valence-electron chi connectivity index (χ4n) is 4.08. The molecule has 31 heavy (non-hydrogen) atoms. The lowest BCUT2D eigenvalue weighted by Crippen LogP contribution is -2.28. The molecule has 0 radical (unpaired) electrons. The van der Waals surface area contributed by atoms with Gasteiger partial charge in [0.25, 0.3) is 0 Å². The van der Waals surface area contributed by atoms with Crippen molar-refractivity contribution >= 4 is 21.6 Å². The van der Waals surface area contributed by atoms with Crippen molar-refractivity contribution in [1.82, 2.24) is 19.6 Å². The van der Waals surface area contributed by atoms with Crippen LogP contribution in [0.15, 0.2) is 59.9 Å². The van der Waals surface area contributed by atoms with Crippen LogP contribution in [0.1, 0.15) is 43.7 Å². The molecule has 1 aromatic carbocycles. The highest BCUT2D eigenvalue weighted by Gasteiger charge is 2.28. The summed E-state index contributed by atoms with van der Waals surface area (Å²) >= 11 is 0. The van der Waals surface area contributed by atoms with E-state index in [2.05, 4.69) is 15.5 Å². The van der Waals surface area contributed by atoms with E-state index in [4.69, 9.17) is 0 Å². The van der Waals surface area contributed by atoms with Gasteiger partial charge in [-0.3, -0.25) is 14.2 Å². The van der Waals surface area contributed by atoms with E-state index in [1.165, 1.54) is 17.1 Å². The highest BCUT2D eigenvalue weighted by Crippen LogP contribution is 2.32. The second-order valence-electron chi connectivity index (χ2n) is 8.20. The number of carbonyl (C=O) groups is 1. The number of nitrogens with zero attached hydrogens (tertiary/aromatic N) is 4. The standard InChI is InChI=1S/C22H27N5O3S/c1-31(29,30)19-14-23-27(16-19)20(13-17-7-5-6-8-17)22(28)24-21-11-12-26(25-21)15-18-9-3-2-4-10-18/h2-4,9-12,14,16-17,20H,5-8,13,15H2,1H3,(H,24,25,28)/t20-/m0/s1. The molecule has 8 nitrogen and oxygen atoms in total. The zero-order valence-electron chi connectivity index (χ0n) is 17.5. The Morgan fingerprint density at radius 3 is 2.61 bits per heavy atom. The summed E-state index contributed by atoms with van der Waals surface area (Å²) in [6, 6.07) is 11.1. The Hall–Kier alpha value is -2.94. The molecule has 0 saturated heterocycles. The van der Waals surface area contributed by atoms with Crippen LogP contribution >= 0.6 is 0 Å². The van der Waals surface area contributed by atoms with Gasteiger partial charge in [0, 0.05) is 24.7 Å². The first-order valence-corrected chi connectivity index (χ1v) is 12.4. The van der Waals surface area contributed by atoms with Crippen molar-refractivity contribution < 1.29 is 13.2 Å². The Labute approximate surface area is 182 Å². The van der Waals surface area contributed by atoms with Gasteiger partial charge >= 0.3 is 0 Å². The number of carbonyl (C=O) groups excluding carboxylic acids is 1. The number of rotatable bonds is 8. The van der Waals surface area contributed by atoms with Gasteiger partial charge in [0.1, 0.15) is 10.9 Å². The van der Waals surface area contributed by atoms with Crippen molar-refractivity contribution in [2.45, 2.75) is 49.6 Å². The Bertz CT molecular complexity index is 1130. The van der Waals surface area contributed by atoms with Gasteiger partial charge in [0.05, 0.1) is 12.7 Å². The molecular formula is C22H27N5O3S. The molecule has 1 fully saturated rings. The van der Waals surface area contributed by atoms with Crippen LogP contribution in [0.2, 0.25) is 0 Å². The van der Waals surface area contributed by atoms with Crippen molar-refractivity contribution in [2.75, 3.05) is 11.6 Å². The average Bonchev–Trinajstić information content (AvgIpc) is 3.49. The van der Waals surface area contributed by atoms with Gasteiger partial charge in [0.15, 0.2) is 15.7 Å². The van der Waals surface area contributed by atoms with Crippen LogP contribution in [0, 0.1) is 5.92 Å². The molecule has 1 atom stereocenters. The molecular weight excluding hydrogens is 414 g/mol. The zero-order valence-corrected chi connectivity index (χ0v) is 18.3. The topological polar surface area (TPSA) is 98.9 Å². The van der Waals surface area contributed by atoms with E-state index in [0.717, 1.165) is 37.5 Å². The third-order valence-corrected chi connectivity index (χ3v) is 6.81. The fraction of sp³-hybridized carbons (Fsp3) is 0.409. The van der Waals surface area contributed by atoms with Crippen LogP contribution in [0.3, 0.4) is 0 Å². The SMILES string of the molecule is CS(=O)(=O)c1cnn([C@@H](CC2CCCC2)C(=O)Nc2ccn(Cc3ccccc3)n2)c1. The number of amides is 1. The summed E-state index contributed by atoms with van der Waals surface area (Å²) in [5, 5.41) is 11.5. The summed E-state index contributed by atoms with van der Waals surface area (Å²) in [6.45, 7) is 0.610. The molecule has 1 aliphatic carbocycles. The highest BCUT2D eigenvalue weighted by atomic mass is 32.2. The summed E-state index contributed by atoms with van der Waals surface area (Å²) < 4.78 is 27.0. The van der Waals surface area contributed by atoms with E-state index in [9.17, 15) is 13.2 Å². The van der Waals surface area contributed by atoms with Crippen LogP contribution < -0.4 is 5.32 Å². The minimum Gasteiger partial charge on any atom is -0.307 e. The predicted molar refractivity (Wildman–Crippen MR) is 117 cm³/mol. The lowest BCUT2D eigenvalue weighted by atomic mass is 9.98. The number of hydrogen-bond donors (Lipinski definition) is 1. The van der Waals surface area contributed by atoms with Crippen molar-refractivity contribution in [1.29, 1.82) is 0 Å². The Morgan fingerprint density at radius 2 is 1.94 bits per heavy atom. The van der Waals surface area contributed by atoms with Gasteiger partial charge < -0.3 is 5.32 Å². The smallest absolute Gasteiger partial charge is 0.250 e. The summed E-state index contributed by atoms with van der Waals surface area (Å²) in [4.78, 5) is 13.3. The van der Waals surface area contributed by atoms with E-state index in [-0.39, 0.29) is 10.8 Å². The van der Waals surface area contributed by atoms with Crippen LogP contribution in [-0.4, -0.2) is 40.1 Å². The molecule has 2 aromatic heterocycles. The van der Waals surface area contributed by atoms with Crippen molar-refractivity contribution in [3.05, 3.63) is 60.6 Å². The van der Waals surface area contributed by atoms with Gasteiger partial charge in [-0.25, -0.2) is 8.42 Å². The maximum absolute atomic E-state index is 13.2. The maximum atomic E-state index is 13.2. The minimum absolute atomic E-state index is 0.115. The third kappa shape index (κ3) is 5.41. The quantitative estimate of drug-likeness (QED) is 0.578. The van der Waals surface area contributed by atoms with Crippen LogP contribution in [0.4, 0.5) is 5.82 Å². The molecule has 0 bridgehead atoms. The second-order valence-corrected chi connectivity index (χ2v) is 10.2. The number of anilines is 1. The maximum Gasteiger partial charge on any atom is 0.250 e. The number of benzene rings is 1. The van der Waals surface area contributed by atoms with Gasteiger partial charge in [-0.1, -0.05) is 56.0 Å². The van der Waals surface area contributed by atoms with Crippen molar-refractivity contribution in [3.63, 3.8) is 0 Å². The molecule has 1 aliphatic rings. The van der Waals surface area contributed by atoms with E-state index in [1.54, 1.807) is 10.7 Å². The molecule has 3 aromatic rings. The molecule has 1 amide bonds. The number of hydrogen-bond acceptors (Lipinski definition) is 5. The molecule has 4 rings (SSSR count). The van der Waals surface area contributed by atoms with Gasteiger partial charge in [0.2, 0.25) is 5.91 Å². The van der Waals surface area contributed by atoms with Crippen LogP contribution in [0.25, 0.3) is 0 Å². The summed E-state index contributed by atoms with van der Waals surface area (Å²) in [5.41, 5.74) is 1.12. The first-order chi connectivity index (χ1) is 14.9. The highest BCUT2D eigenvalue weighted by molar-refractivity contribution is 7.90. The molecule has 2 heterocycles. The fourth-order valence-corrected chi connectivity index (χ4v) is 4.61. The van der Waals surface area contributed by atoms with Crippen molar-refractivity contribution in [3.8, 4) is 0 Å². The average molecular weight is 442 g/mol. The van der Waals surface area contributed by atoms with E-state index < -0.39 is 15.9 Å². The minimum atomic E-state index is -3.38. The molecule has 1 N–H and O–H groups in total. The lowest BCUT2D eigenvalue weighted by molar-refractivity contribution is -0.120. The summed E-state index contributed by atoms with van der Waals surface area (Å²) in [5.74, 6) is 0.658. The molecule has 0 unspecified atom stereocenters. The number of sulfone groups is 1. The van der Waals surface area contributed by atoms with E-state index >= 15 is 0 Å². The molecule has 0 spiro atoms. The zero-order chi connectivity index (χ0) is 21.8. The van der Waals surface area contributed by atoms with E-state index in [1.807, 2.05) is 36.5 Å². The molecule has 0 aliphatic heterocycles. The number of nitrogens with one attached hydrogen (secondary N) is 1. The van der Waals surface area contributed by atoms with Crippen molar-refractivity contribution in [2.24, 2.45) is 5.92 Å². The van der Waals surface area contributed by atoms with Gasteiger partial charge in [-0.15, -0.1) is 0 Å². The third-order valence-electron chi connectivity index (χ3n) is 5.74. The lowest BCUT2D eigenvalue weighted by Gasteiger charge is -2.20. The predicted octanol–water partition coefficient (Wildman–Crippen LogP) is 3.29. The Kier molecular flexibility index (Phi) is 6.22. The van der Waals surface area contributed by atoms with Gasteiger partial charge in [-0.05, 0) is 17.9 Å². The number of aromatic nitrogens is 4. The first-order valence-electron chi connectivity index (χ1n) is 10.5. The van der Waals surface area contributed by atoms with Gasteiger partial charge in [-0.2, -0.15) is 10.2 Å². The Morgan fingerprint density at radius 1 is 1.19 bits per heavy atom. The van der Waals surface area contributed by atoms with E-state index in [0.29, 0.717) is 24.7 Å². The molecule has 9 heteroatoms. The normalized spacial score (nSPS) is 15.8. The van der Waals surface area contributed by atoms with Crippen LogP contribution in [0.5, 0.6) is 0 Å². The molecule has 1 saturated carbocycles. The first kappa shape index (κ1) is 21.3. The monoisotopic (exact) mass is 441 g/mol. The largest absolute Gasteiger partial charge is 0.307 e.